The average molecular weight is 346 g/mol. The zero-order chi connectivity index (χ0) is 18.2. The highest BCUT2D eigenvalue weighted by Crippen LogP contribution is 2.21. The van der Waals surface area contributed by atoms with Gasteiger partial charge in [-0.2, -0.15) is 4.39 Å². The van der Waals surface area contributed by atoms with Crippen LogP contribution in [0.2, 0.25) is 0 Å². The first-order valence-electron chi connectivity index (χ1n) is 7.14. The number of benzene rings is 2. The summed E-state index contributed by atoms with van der Waals surface area (Å²) in [6.45, 7) is 0.142. The SMILES string of the molecule is COCOc1ccc(/C=C/C(=O)Nc2ccc([N+](=O)[O-])c(F)c2)cc1. The minimum absolute atomic E-state index is 0.126. The Balaban J connectivity index is 1.96. The lowest BCUT2D eigenvalue weighted by Crippen LogP contribution is -2.08. The number of anilines is 1. The predicted octanol–water partition coefficient (Wildman–Crippen LogP) is 3.37. The van der Waals surface area contributed by atoms with E-state index in [1.165, 1.54) is 19.3 Å². The minimum Gasteiger partial charge on any atom is -0.468 e. The van der Waals surface area contributed by atoms with Crippen molar-refractivity contribution in [2.45, 2.75) is 0 Å². The molecule has 0 saturated heterocycles. The van der Waals surface area contributed by atoms with E-state index < -0.39 is 22.3 Å². The van der Waals surface area contributed by atoms with Crippen LogP contribution in [-0.2, 0) is 9.53 Å². The molecule has 0 heterocycles. The van der Waals surface area contributed by atoms with Gasteiger partial charge >= 0.3 is 5.69 Å². The third-order valence-corrected chi connectivity index (χ3v) is 3.06. The second-order valence-corrected chi connectivity index (χ2v) is 4.87. The topological polar surface area (TPSA) is 90.7 Å². The van der Waals surface area contributed by atoms with Crippen molar-refractivity contribution in [3.05, 3.63) is 70.0 Å². The second-order valence-electron chi connectivity index (χ2n) is 4.87. The number of rotatable bonds is 7. The fourth-order valence-corrected chi connectivity index (χ4v) is 1.89. The van der Waals surface area contributed by atoms with E-state index in [-0.39, 0.29) is 12.5 Å². The predicted molar refractivity (Wildman–Crippen MR) is 89.7 cm³/mol. The summed E-state index contributed by atoms with van der Waals surface area (Å²) in [5.41, 5.74) is 0.236. The lowest BCUT2D eigenvalue weighted by atomic mass is 10.2. The summed E-state index contributed by atoms with van der Waals surface area (Å²) in [5, 5.41) is 13.0. The van der Waals surface area contributed by atoms with Crippen LogP contribution < -0.4 is 10.1 Å². The Morgan fingerprint density at radius 3 is 2.60 bits per heavy atom. The fourth-order valence-electron chi connectivity index (χ4n) is 1.89. The number of methoxy groups -OCH3 is 1. The number of halogens is 1. The van der Waals surface area contributed by atoms with Crippen LogP contribution in [0.15, 0.2) is 48.5 Å². The van der Waals surface area contributed by atoms with Gasteiger partial charge in [0.1, 0.15) is 5.75 Å². The number of nitrogens with one attached hydrogen (secondary N) is 1. The molecule has 2 aromatic rings. The molecule has 0 aliphatic heterocycles. The molecule has 1 amide bonds. The third kappa shape index (κ3) is 5.40. The molecule has 25 heavy (non-hydrogen) atoms. The van der Waals surface area contributed by atoms with Crippen molar-refractivity contribution in [2.24, 2.45) is 0 Å². The molecular weight excluding hydrogens is 331 g/mol. The van der Waals surface area contributed by atoms with Gasteiger partial charge < -0.3 is 14.8 Å². The van der Waals surface area contributed by atoms with Gasteiger partial charge in [-0.15, -0.1) is 0 Å². The first kappa shape index (κ1) is 18.1. The number of amides is 1. The van der Waals surface area contributed by atoms with Crippen LogP contribution in [-0.4, -0.2) is 24.7 Å². The maximum Gasteiger partial charge on any atom is 0.304 e. The van der Waals surface area contributed by atoms with E-state index in [1.54, 1.807) is 30.3 Å². The average Bonchev–Trinajstić information content (AvgIpc) is 2.59. The van der Waals surface area contributed by atoms with E-state index in [9.17, 15) is 19.3 Å². The molecule has 0 aromatic heterocycles. The molecule has 0 bridgehead atoms. The van der Waals surface area contributed by atoms with Crippen molar-refractivity contribution in [1.29, 1.82) is 0 Å². The number of hydrogen-bond donors (Lipinski definition) is 1. The molecule has 0 atom stereocenters. The number of ether oxygens (including phenoxy) is 2. The molecule has 0 aliphatic rings. The van der Waals surface area contributed by atoms with E-state index in [4.69, 9.17) is 9.47 Å². The van der Waals surface area contributed by atoms with Gasteiger partial charge in [0.25, 0.3) is 0 Å². The summed E-state index contributed by atoms with van der Waals surface area (Å²) in [4.78, 5) is 21.5. The van der Waals surface area contributed by atoms with Gasteiger partial charge in [-0.3, -0.25) is 14.9 Å². The van der Waals surface area contributed by atoms with Crippen molar-refractivity contribution in [2.75, 3.05) is 19.2 Å². The molecule has 1 N–H and O–H groups in total. The summed E-state index contributed by atoms with van der Waals surface area (Å²) in [6.07, 6.45) is 2.83. The molecule has 0 saturated carbocycles. The standard InChI is InChI=1S/C17H15FN2O5/c1-24-11-25-14-6-2-12(3-7-14)4-9-17(21)19-13-5-8-16(20(22)23)15(18)10-13/h2-10H,11H2,1H3,(H,19,21)/b9-4+. The molecule has 130 valence electrons. The maximum absolute atomic E-state index is 13.5. The molecule has 0 radical (unpaired) electrons. The molecule has 0 aliphatic carbocycles. The van der Waals surface area contributed by atoms with E-state index >= 15 is 0 Å². The molecule has 0 unspecified atom stereocenters. The number of carbonyl (C=O) groups excluding carboxylic acids is 1. The second kappa shape index (κ2) is 8.55. The first-order chi connectivity index (χ1) is 12.0. The lowest BCUT2D eigenvalue weighted by molar-refractivity contribution is -0.387. The third-order valence-electron chi connectivity index (χ3n) is 3.06. The zero-order valence-electron chi connectivity index (χ0n) is 13.3. The van der Waals surface area contributed by atoms with E-state index in [0.717, 1.165) is 17.7 Å². The van der Waals surface area contributed by atoms with Crippen molar-refractivity contribution in [3.8, 4) is 5.75 Å². The molecular formula is C17H15FN2O5. The van der Waals surface area contributed by atoms with Crippen LogP contribution in [0.1, 0.15) is 5.56 Å². The summed E-state index contributed by atoms with van der Waals surface area (Å²) in [5.74, 6) is -0.879. The normalized spacial score (nSPS) is 10.6. The molecule has 0 fully saturated rings. The Morgan fingerprint density at radius 2 is 2.00 bits per heavy atom. The van der Waals surface area contributed by atoms with Crippen LogP contribution in [0.25, 0.3) is 6.08 Å². The largest absolute Gasteiger partial charge is 0.468 e. The Bertz CT molecular complexity index is 790. The number of nitro benzene ring substituents is 1. The van der Waals surface area contributed by atoms with Gasteiger partial charge in [0.2, 0.25) is 11.7 Å². The number of hydrogen-bond acceptors (Lipinski definition) is 5. The molecule has 8 heteroatoms. The highest BCUT2D eigenvalue weighted by atomic mass is 19.1. The van der Waals surface area contributed by atoms with Crippen molar-refractivity contribution in [1.82, 2.24) is 0 Å². The van der Waals surface area contributed by atoms with Crippen molar-refractivity contribution < 1.29 is 23.6 Å². The highest BCUT2D eigenvalue weighted by Gasteiger charge is 2.14. The maximum atomic E-state index is 13.5. The van der Waals surface area contributed by atoms with Crippen LogP contribution in [0.5, 0.6) is 5.75 Å². The van der Waals surface area contributed by atoms with Crippen LogP contribution >= 0.6 is 0 Å². The smallest absolute Gasteiger partial charge is 0.304 e. The van der Waals surface area contributed by atoms with Gasteiger partial charge in [0.05, 0.1) is 4.92 Å². The summed E-state index contributed by atoms with van der Waals surface area (Å²) < 4.78 is 23.5. The Labute approximate surface area is 142 Å². The van der Waals surface area contributed by atoms with Crippen LogP contribution in [0, 0.1) is 15.9 Å². The van der Waals surface area contributed by atoms with Crippen LogP contribution in [0.3, 0.4) is 0 Å². The van der Waals surface area contributed by atoms with E-state index in [2.05, 4.69) is 5.32 Å². The van der Waals surface area contributed by atoms with E-state index in [1.807, 2.05) is 0 Å². The Morgan fingerprint density at radius 1 is 1.28 bits per heavy atom. The highest BCUT2D eigenvalue weighted by molar-refractivity contribution is 6.01. The number of nitro groups is 1. The summed E-state index contributed by atoms with van der Waals surface area (Å²) in [7, 11) is 1.52. The quantitative estimate of drug-likeness (QED) is 0.359. The Hall–Kier alpha value is -3.26. The molecule has 2 aromatic carbocycles. The summed E-state index contributed by atoms with van der Waals surface area (Å²) in [6, 6.07) is 10.1. The minimum atomic E-state index is -1.02. The Kier molecular flexibility index (Phi) is 6.19. The first-order valence-corrected chi connectivity index (χ1v) is 7.14. The monoisotopic (exact) mass is 346 g/mol. The molecule has 0 spiro atoms. The van der Waals surface area contributed by atoms with E-state index in [0.29, 0.717) is 5.75 Å². The lowest BCUT2D eigenvalue weighted by Gasteiger charge is -2.04. The van der Waals surface area contributed by atoms with Gasteiger partial charge in [-0.05, 0) is 29.8 Å². The summed E-state index contributed by atoms with van der Waals surface area (Å²) >= 11 is 0. The fraction of sp³-hybridized carbons (Fsp3) is 0.118. The number of carbonyl (C=O) groups is 1. The number of nitrogens with zero attached hydrogens (tertiary/aromatic N) is 1. The van der Waals surface area contributed by atoms with Gasteiger partial charge in [0.15, 0.2) is 6.79 Å². The van der Waals surface area contributed by atoms with Gasteiger partial charge in [-0.25, -0.2) is 0 Å². The van der Waals surface area contributed by atoms with Crippen molar-refractivity contribution in [3.63, 3.8) is 0 Å². The van der Waals surface area contributed by atoms with Crippen LogP contribution in [0.4, 0.5) is 15.8 Å². The molecule has 7 nitrogen and oxygen atoms in total. The molecule has 2 rings (SSSR count). The van der Waals surface area contributed by atoms with Gasteiger partial charge in [0, 0.05) is 31.0 Å². The van der Waals surface area contributed by atoms with Crippen molar-refractivity contribution >= 4 is 23.4 Å². The zero-order valence-corrected chi connectivity index (χ0v) is 13.3. The van der Waals surface area contributed by atoms with Gasteiger partial charge in [-0.1, -0.05) is 12.1 Å².